The van der Waals surface area contributed by atoms with Gasteiger partial charge in [-0.05, 0) is 40.2 Å². The summed E-state index contributed by atoms with van der Waals surface area (Å²) in [5, 5.41) is 9.77. The Hall–Kier alpha value is -2.66. The van der Waals surface area contributed by atoms with Crippen LogP contribution in [0.4, 0.5) is 0 Å². The molecule has 2 aromatic heterocycles. The second kappa shape index (κ2) is 8.15. The van der Waals surface area contributed by atoms with E-state index in [1.54, 1.807) is 34.6 Å². The van der Waals surface area contributed by atoms with Crippen molar-refractivity contribution in [1.82, 2.24) is 15.0 Å². The molecular weight excluding hydrogens is 352 g/mol. The van der Waals surface area contributed by atoms with Crippen molar-refractivity contribution in [3.63, 3.8) is 0 Å². The monoisotopic (exact) mass is 372 g/mol. The van der Waals surface area contributed by atoms with Crippen LogP contribution in [-0.2, 0) is 4.74 Å². The molecule has 0 unspecified atom stereocenters. The van der Waals surface area contributed by atoms with E-state index in [9.17, 15) is 14.9 Å². The van der Waals surface area contributed by atoms with Crippen molar-refractivity contribution in [2.24, 2.45) is 0 Å². The van der Waals surface area contributed by atoms with Crippen LogP contribution in [0.15, 0.2) is 5.03 Å². The lowest BCUT2D eigenvalue weighted by atomic mass is 10.1. The molecule has 0 aliphatic heterocycles. The number of ketones is 1. The highest BCUT2D eigenvalue weighted by molar-refractivity contribution is 8.00. The highest BCUT2D eigenvalue weighted by Gasteiger charge is 2.23. The van der Waals surface area contributed by atoms with E-state index >= 15 is 0 Å². The number of thioether (sulfide) groups is 1. The van der Waals surface area contributed by atoms with Gasteiger partial charge in [-0.2, -0.15) is 5.26 Å². The third-order valence-corrected chi connectivity index (χ3v) is 4.79. The number of H-pyrrole nitrogens is 1. The molecule has 0 saturated heterocycles. The van der Waals surface area contributed by atoms with E-state index < -0.39 is 5.97 Å². The Bertz CT molecular complexity index is 912. The first-order chi connectivity index (χ1) is 12.3. The number of carbonyl (C=O) groups is 2. The predicted octanol–water partition coefficient (Wildman–Crippen LogP) is 3.06. The van der Waals surface area contributed by atoms with E-state index in [1.807, 2.05) is 0 Å². The SMILES string of the molecule is CCOC(=O)c1c(C)[nH]c(C(=O)CSc2nc(C)nc(C)c2C#N)c1C. The van der Waals surface area contributed by atoms with Crippen LogP contribution in [0, 0.1) is 39.0 Å². The highest BCUT2D eigenvalue weighted by atomic mass is 32.2. The summed E-state index contributed by atoms with van der Waals surface area (Å²) in [5.41, 5.74) is 2.90. The lowest BCUT2D eigenvalue weighted by Crippen LogP contribution is -2.09. The number of nitrogens with one attached hydrogen (secondary N) is 1. The summed E-state index contributed by atoms with van der Waals surface area (Å²) in [6.07, 6.45) is 0. The molecule has 0 bridgehead atoms. The van der Waals surface area contributed by atoms with Gasteiger partial charge in [-0.25, -0.2) is 14.8 Å². The number of aryl methyl sites for hydroxylation is 3. The summed E-state index contributed by atoms with van der Waals surface area (Å²) in [6.45, 7) is 8.93. The zero-order valence-corrected chi connectivity index (χ0v) is 16.2. The van der Waals surface area contributed by atoms with Crippen molar-refractivity contribution < 1.29 is 14.3 Å². The van der Waals surface area contributed by atoms with E-state index in [1.165, 1.54) is 11.8 Å². The van der Waals surface area contributed by atoms with Crippen LogP contribution in [0.2, 0.25) is 0 Å². The quantitative estimate of drug-likeness (QED) is 0.359. The number of nitriles is 1. The third-order valence-electron chi connectivity index (χ3n) is 3.82. The van der Waals surface area contributed by atoms with Gasteiger partial charge in [-0.15, -0.1) is 0 Å². The zero-order chi connectivity index (χ0) is 19.4. The molecule has 0 aliphatic rings. The van der Waals surface area contributed by atoms with Crippen molar-refractivity contribution in [1.29, 1.82) is 5.26 Å². The van der Waals surface area contributed by atoms with Gasteiger partial charge in [0.05, 0.1) is 29.3 Å². The van der Waals surface area contributed by atoms with Crippen LogP contribution in [0.25, 0.3) is 0 Å². The molecule has 1 N–H and O–H groups in total. The molecule has 0 radical (unpaired) electrons. The molecule has 0 amide bonds. The molecule has 2 heterocycles. The maximum absolute atomic E-state index is 12.6. The largest absolute Gasteiger partial charge is 0.462 e. The molecule has 136 valence electrons. The topological polar surface area (TPSA) is 109 Å². The Morgan fingerprint density at radius 1 is 1.23 bits per heavy atom. The first-order valence-corrected chi connectivity index (χ1v) is 9.06. The number of aromatic nitrogens is 3. The Balaban J connectivity index is 2.24. The summed E-state index contributed by atoms with van der Waals surface area (Å²) in [6, 6.07) is 2.08. The molecule has 0 aromatic carbocycles. The number of hydrogen-bond donors (Lipinski definition) is 1. The molecule has 2 rings (SSSR count). The lowest BCUT2D eigenvalue weighted by molar-refractivity contribution is 0.0525. The number of carbonyl (C=O) groups excluding carboxylic acids is 2. The van der Waals surface area contributed by atoms with Crippen LogP contribution in [0.5, 0.6) is 0 Å². The van der Waals surface area contributed by atoms with Crippen molar-refractivity contribution in [3.8, 4) is 6.07 Å². The fourth-order valence-electron chi connectivity index (χ4n) is 2.66. The average Bonchev–Trinajstić information content (AvgIpc) is 2.87. The van der Waals surface area contributed by atoms with Gasteiger partial charge < -0.3 is 9.72 Å². The Morgan fingerprint density at radius 2 is 1.92 bits per heavy atom. The summed E-state index contributed by atoms with van der Waals surface area (Å²) < 4.78 is 5.04. The maximum atomic E-state index is 12.6. The third kappa shape index (κ3) is 3.94. The van der Waals surface area contributed by atoms with E-state index in [4.69, 9.17) is 4.74 Å². The minimum absolute atomic E-state index is 0.0909. The standard InChI is InChI=1S/C18H20N4O3S/c1-6-25-18(24)15-9(2)16(21-11(15)4)14(23)8-26-17-13(7-19)10(3)20-12(5)22-17/h21H,6,8H2,1-5H3. The van der Waals surface area contributed by atoms with E-state index in [-0.39, 0.29) is 18.1 Å². The predicted molar refractivity (Wildman–Crippen MR) is 97.5 cm³/mol. The van der Waals surface area contributed by atoms with E-state index in [0.717, 1.165) is 0 Å². The molecule has 0 saturated carbocycles. The van der Waals surface area contributed by atoms with Gasteiger partial charge >= 0.3 is 5.97 Å². The first-order valence-electron chi connectivity index (χ1n) is 8.07. The van der Waals surface area contributed by atoms with Gasteiger partial charge in [0.15, 0.2) is 5.78 Å². The summed E-state index contributed by atoms with van der Waals surface area (Å²) in [5.74, 6) is 0.0179. The normalized spacial score (nSPS) is 10.5. The number of Topliss-reactive ketones (excluding diaryl/α,β-unsaturated/α-hetero) is 1. The molecule has 0 spiro atoms. The van der Waals surface area contributed by atoms with Gasteiger partial charge in [0.2, 0.25) is 0 Å². The molecule has 2 aromatic rings. The molecule has 7 nitrogen and oxygen atoms in total. The van der Waals surface area contributed by atoms with Crippen LogP contribution in [-0.4, -0.2) is 39.1 Å². The number of hydrogen-bond acceptors (Lipinski definition) is 7. The van der Waals surface area contributed by atoms with E-state index in [0.29, 0.717) is 44.6 Å². The zero-order valence-electron chi connectivity index (χ0n) is 15.4. The van der Waals surface area contributed by atoms with Crippen LogP contribution in [0.1, 0.15) is 56.1 Å². The Morgan fingerprint density at radius 3 is 2.54 bits per heavy atom. The maximum Gasteiger partial charge on any atom is 0.340 e. The van der Waals surface area contributed by atoms with Gasteiger partial charge in [-0.1, -0.05) is 11.8 Å². The number of nitrogens with zero attached hydrogens (tertiary/aromatic N) is 3. The number of rotatable bonds is 6. The second-order valence-corrected chi connectivity index (χ2v) is 6.67. The van der Waals surface area contributed by atoms with Gasteiger partial charge in [-0.3, -0.25) is 4.79 Å². The van der Waals surface area contributed by atoms with Crippen LogP contribution >= 0.6 is 11.8 Å². The summed E-state index contributed by atoms with van der Waals surface area (Å²) >= 11 is 1.19. The minimum atomic E-state index is -0.445. The number of ether oxygens (including phenoxy) is 1. The van der Waals surface area contributed by atoms with Crippen LogP contribution < -0.4 is 0 Å². The lowest BCUT2D eigenvalue weighted by Gasteiger charge is -2.06. The summed E-state index contributed by atoms with van der Waals surface area (Å²) in [4.78, 5) is 36.1. The van der Waals surface area contributed by atoms with Crippen molar-refractivity contribution in [3.05, 3.63) is 39.6 Å². The van der Waals surface area contributed by atoms with Gasteiger partial charge in [0.25, 0.3) is 0 Å². The Kier molecular flexibility index (Phi) is 6.16. The molecule has 26 heavy (non-hydrogen) atoms. The van der Waals surface area contributed by atoms with E-state index in [2.05, 4.69) is 21.0 Å². The molecule has 0 aliphatic carbocycles. The first kappa shape index (κ1) is 19.7. The fourth-order valence-corrected chi connectivity index (χ4v) is 3.61. The highest BCUT2D eigenvalue weighted by Crippen LogP contribution is 2.25. The van der Waals surface area contributed by atoms with Crippen molar-refractivity contribution in [2.75, 3.05) is 12.4 Å². The van der Waals surface area contributed by atoms with Gasteiger partial charge in [0.1, 0.15) is 22.5 Å². The summed E-state index contributed by atoms with van der Waals surface area (Å²) in [7, 11) is 0. The van der Waals surface area contributed by atoms with Crippen molar-refractivity contribution in [2.45, 2.75) is 39.6 Å². The van der Waals surface area contributed by atoms with Crippen molar-refractivity contribution >= 4 is 23.5 Å². The van der Waals surface area contributed by atoms with Gasteiger partial charge in [0, 0.05) is 5.69 Å². The minimum Gasteiger partial charge on any atom is -0.462 e. The molecule has 0 atom stereocenters. The molecule has 0 fully saturated rings. The molecule has 8 heteroatoms. The number of aromatic amines is 1. The fraction of sp³-hybridized carbons (Fsp3) is 0.389. The Labute approximate surface area is 156 Å². The second-order valence-electron chi connectivity index (χ2n) is 5.71. The molecular formula is C18H20N4O3S. The smallest absolute Gasteiger partial charge is 0.340 e. The van der Waals surface area contributed by atoms with Crippen LogP contribution in [0.3, 0.4) is 0 Å². The number of esters is 1. The average molecular weight is 372 g/mol.